The third kappa shape index (κ3) is 4.01. The number of ether oxygens (including phenoxy) is 2. The quantitative estimate of drug-likeness (QED) is 0.637. The maximum Gasteiger partial charge on any atom is 0.335 e. The molecule has 2 aromatic carbocycles. The Balaban J connectivity index is 2.05. The second kappa shape index (κ2) is 8.05. The first kappa shape index (κ1) is 18.7. The van der Waals surface area contributed by atoms with E-state index >= 15 is 0 Å². The van der Waals surface area contributed by atoms with Crippen molar-refractivity contribution in [1.82, 2.24) is 0 Å². The lowest BCUT2D eigenvalue weighted by atomic mass is 10.1. The van der Waals surface area contributed by atoms with Crippen LogP contribution in [0.1, 0.15) is 22.8 Å². The van der Waals surface area contributed by atoms with Gasteiger partial charge in [-0.15, -0.1) is 0 Å². The molecule has 3 aromatic rings. The molecule has 0 spiro atoms. The summed E-state index contributed by atoms with van der Waals surface area (Å²) in [6.07, 6.45) is 0. The van der Waals surface area contributed by atoms with E-state index in [1.54, 1.807) is 0 Å². The van der Waals surface area contributed by atoms with E-state index in [1.165, 1.54) is 24.3 Å². The highest BCUT2D eigenvalue weighted by Gasteiger charge is 2.15. The Morgan fingerprint density at radius 2 is 1.96 bits per heavy atom. The Morgan fingerprint density at radius 1 is 1.15 bits per heavy atom. The fourth-order valence-corrected chi connectivity index (χ4v) is 2.81. The largest absolute Gasteiger partial charge is 0.490 e. The summed E-state index contributed by atoms with van der Waals surface area (Å²) in [6, 6.07) is 11.2. The monoisotopic (exact) mass is 368 g/mol. The van der Waals surface area contributed by atoms with E-state index < -0.39 is 5.97 Å². The molecule has 0 aliphatic heterocycles. The molecule has 3 rings (SSSR count). The summed E-state index contributed by atoms with van der Waals surface area (Å²) >= 11 is 0. The molecule has 6 nitrogen and oxygen atoms in total. The summed E-state index contributed by atoms with van der Waals surface area (Å²) in [5.41, 5.74) is 1.62. The molecular formula is C21H20O6. The minimum Gasteiger partial charge on any atom is -0.490 e. The first-order valence-electron chi connectivity index (χ1n) is 8.63. The number of benzene rings is 2. The molecule has 140 valence electrons. The molecule has 0 radical (unpaired) electrons. The fraction of sp³-hybridized carbons (Fsp3) is 0.238. The third-order valence-corrected chi connectivity index (χ3v) is 4.13. The Hall–Kier alpha value is -3.12. The second-order valence-corrected chi connectivity index (χ2v) is 5.99. The Morgan fingerprint density at radius 3 is 2.70 bits per heavy atom. The average Bonchev–Trinajstić information content (AvgIpc) is 2.65. The van der Waals surface area contributed by atoms with Gasteiger partial charge in [0.15, 0.2) is 5.43 Å². The standard InChI is InChI=1S/C21H20O6/c1-3-25-9-10-26-20-13(2)5-4-6-15(20)19-12-17(22)16-11-14(21(23)24)7-8-18(16)27-19/h4-8,11-12H,3,9-10H2,1-2H3,(H,23,24). The molecule has 0 unspecified atom stereocenters. The smallest absolute Gasteiger partial charge is 0.335 e. The molecule has 0 saturated heterocycles. The second-order valence-electron chi connectivity index (χ2n) is 5.99. The van der Waals surface area contributed by atoms with Crippen molar-refractivity contribution in [3.63, 3.8) is 0 Å². The lowest BCUT2D eigenvalue weighted by molar-refractivity contribution is 0.0697. The topological polar surface area (TPSA) is 86.0 Å². The van der Waals surface area contributed by atoms with Crippen LogP contribution in [-0.4, -0.2) is 30.9 Å². The molecule has 0 fully saturated rings. The lowest BCUT2D eigenvalue weighted by Gasteiger charge is -2.14. The van der Waals surface area contributed by atoms with Crippen molar-refractivity contribution in [2.45, 2.75) is 13.8 Å². The molecule has 1 heterocycles. The van der Waals surface area contributed by atoms with E-state index in [1.807, 2.05) is 32.0 Å². The SMILES string of the molecule is CCOCCOc1c(C)cccc1-c1cc(=O)c2cc(C(=O)O)ccc2o1. The number of rotatable bonds is 7. The molecular weight excluding hydrogens is 348 g/mol. The van der Waals surface area contributed by atoms with Crippen LogP contribution < -0.4 is 10.2 Å². The fourth-order valence-electron chi connectivity index (χ4n) is 2.81. The minimum atomic E-state index is -1.09. The summed E-state index contributed by atoms with van der Waals surface area (Å²) in [5, 5.41) is 9.32. The van der Waals surface area contributed by atoms with Gasteiger partial charge in [0.2, 0.25) is 0 Å². The number of hydrogen-bond donors (Lipinski definition) is 1. The highest BCUT2D eigenvalue weighted by molar-refractivity contribution is 5.93. The first-order chi connectivity index (χ1) is 13.0. The van der Waals surface area contributed by atoms with Crippen LogP contribution in [0.2, 0.25) is 0 Å². The van der Waals surface area contributed by atoms with Gasteiger partial charge >= 0.3 is 5.97 Å². The van der Waals surface area contributed by atoms with Gasteiger partial charge in [0, 0.05) is 12.7 Å². The van der Waals surface area contributed by atoms with Crippen molar-refractivity contribution >= 4 is 16.9 Å². The van der Waals surface area contributed by atoms with Crippen LogP contribution in [0.15, 0.2) is 51.7 Å². The summed E-state index contributed by atoms with van der Waals surface area (Å²) in [7, 11) is 0. The zero-order chi connectivity index (χ0) is 19.4. The number of aromatic carboxylic acids is 1. The number of carbonyl (C=O) groups is 1. The van der Waals surface area contributed by atoms with Gasteiger partial charge in [0.1, 0.15) is 23.7 Å². The van der Waals surface area contributed by atoms with Crippen molar-refractivity contribution in [2.24, 2.45) is 0 Å². The Bertz CT molecular complexity index is 1030. The van der Waals surface area contributed by atoms with Crippen LogP contribution >= 0.6 is 0 Å². The molecule has 6 heteroatoms. The maximum absolute atomic E-state index is 12.5. The number of carboxylic acids is 1. The van der Waals surface area contributed by atoms with Crippen molar-refractivity contribution in [1.29, 1.82) is 0 Å². The predicted molar refractivity (Wildman–Crippen MR) is 102 cm³/mol. The van der Waals surface area contributed by atoms with Gasteiger partial charge in [-0.25, -0.2) is 4.79 Å². The van der Waals surface area contributed by atoms with Crippen molar-refractivity contribution in [2.75, 3.05) is 19.8 Å². The van der Waals surface area contributed by atoms with E-state index in [4.69, 9.17) is 19.0 Å². The van der Waals surface area contributed by atoms with E-state index in [-0.39, 0.29) is 16.4 Å². The van der Waals surface area contributed by atoms with Gasteiger partial charge in [-0.3, -0.25) is 4.79 Å². The zero-order valence-electron chi connectivity index (χ0n) is 15.2. The lowest BCUT2D eigenvalue weighted by Crippen LogP contribution is -2.08. The first-order valence-corrected chi connectivity index (χ1v) is 8.63. The van der Waals surface area contributed by atoms with Crippen molar-refractivity contribution in [3.8, 4) is 17.1 Å². The highest BCUT2D eigenvalue weighted by Crippen LogP contribution is 2.33. The highest BCUT2D eigenvalue weighted by atomic mass is 16.5. The van der Waals surface area contributed by atoms with Crippen molar-refractivity contribution < 1.29 is 23.8 Å². The van der Waals surface area contributed by atoms with E-state index in [9.17, 15) is 9.59 Å². The van der Waals surface area contributed by atoms with Gasteiger partial charge in [-0.1, -0.05) is 12.1 Å². The molecule has 0 saturated carbocycles. The van der Waals surface area contributed by atoms with Crippen LogP contribution in [0, 0.1) is 6.92 Å². The van der Waals surface area contributed by atoms with Crippen LogP contribution in [-0.2, 0) is 4.74 Å². The van der Waals surface area contributed by atoms with Crippen LogP contribution in [0.3, 0.4) is 0 Å². The molecule has 0 atom stereocenters. The number of carboxylic acid groups (broad SMARTS) is 1. The number of para-hydroxylation sites is 1. The molecule has 27 heavy (non-hydrogen) atoms. The van der Waals surface area contributed by atoms with Gasteiger partial charge < -0.3 is 19.0 Å². The molecule has 0 amide bonds. The normalized spacial score (nSPS) is 10.9. The van der Waals surface area contributed by atoms with E-state index in [0.29, 0.717) is 42.5 Å². The summed E-state index contributed by atoms with van der Waals surface area (Å²) in [6.45, 7) is 5.29. The third-order valence-electron chi connectivity index (χ3n) is 4.13. The Kier molecular flexibility index (Phi) is 5.57. The average molecular weight is 368 g/mol. The summed E-state index contributed by atoms with van der Waals surface area (Å²) in [4.78, 5) is 23.6. The van der Waals surface area contributed by atoms with Crippen molar-refractivity contribution in [3.05, 3.63) is 63.8 Å². The molecule has 1 N–H and O–H groups in total. The van der Waals surface area contributed by atoms with E-state index in [0.717, 1.165) is 5.56 Å². The van der Waals surface area contributed by atoms with Gasteiger partial charge in [0.25, 0.3) is 0 Å². The van der Waals surface area contributed by atoms with Gasteiger partial charge in [0.05, 0.1) is 23.1 Å². The molecule has 0 aliphatic rings. The Labute approximate surface area is 156 Å². The van der Waals surface area contributed by atoms with Crippen LogP contribution in [0.4, 0.5) is 0 Å². The molecule has 0 aliphatic carbocycles. The van der Waals surface area contributed by atoms with Crippen LogP contribution in [0.5, 0.6) is 5.75 Å². The molecule has 0 bridgehead atoms. The summed E-state index contributed by atoms with van der Waals surface area (Å²) < 4.78 is 17.0. The van der Waals surface area contributed by atoms with E-state index in [2.05, 4.69) is 0 Å². The number of hydrogen-bond acceptors (Lipinski definition) is 5. The maximum atomic E-state index is 12.5. The number of fused-ring (bicyclic) bond motifs is 1. The van der Waals surface area contributed by atoms with Gasteiger partial charge in [-0.05, 0) is 43.7 Å². The van der Waals surface area contributed by atoms with Gasteiger partial charge in [-0.2, -0.15) is 0 Å². The number of aryl methyl sites for hydroxylation is 1. The summed E-state index contributed by atoms with van der Waals surface area (Å²) in [5.74, 6) is -0.100. The molecule has 1 aromatic heterocycles. The van der Waals surface area contributed by atoms with Crippen LogP contribution in [0.25, 0.3) is 22.3 Å². The zero-order valence-corrected chi connectivity index (χ0v) is 15.2. The minimum absolute atomic E-state index is 0.0399. The predicted octanol–water partition coefficient (Wildman–Crippen LogP) is 3.88.